The summed E-state index contributed by atoms with van der Waals surface area (Å²) in [4.78, 5) is 0. The first-order valence-corrected chi connectivity index (χ1v) is 7.69. The molecule has 0 aromatic heterocycles. The van der Waals surface area contributed by atoms with Gasteiger partial charge in [-0.15, -0.1) is 0 Å². The summed E-state index contributed by atoms with van der Waals surface area (Å²) < 4.78 is 5.84. The third-order valence-electron chi connectivity index (χ3n) is 4.15. The van der Waals surface area contributed by atoms with Gasteiger partial charge in [-0.05, 0) is 56.0 Å². The Kier molecular flexibility index (Phi) is 5.06. The van der Waals surface area contributed by atoms with Crippen molar-refractivity contribution < 1.29 is 4.74 Å². The lowest BCUT2D eigenvalue weighted by molar-refractivity contribution is 0.283. The molecule has 1 aromatic carbocycles. The van der Waals surface area contributed by atoms with Crippen LogP contribution in [0.25, 0.3) is 0 Å². The van der Waals surface area contributed by atoms with E-state index in [2.05, 4.69) is 56.5 Å². The quantitative estimate of drug-likeness (QED) is 0.784. The number of hydrogen-bond donors (Lipinski definition) is 2. The summed E-state index contributed by atoms with van der Waals surface area (Å²) in [5.41, 5.74) is 2.96. The number of aryl methyl sites for hydroxylation is 1. The molecule has 1 heterocycles. The van der Waals surface area contributed by atoms with Crippen LogP contribution < -0.4 is 15.4 Å². The largest absolute Gasteiger partial charge is 0.492 e. The summed E-state index contributed by atoms with van der Waals surface area (Å²) in [5.74, 6) is 1.55. The first-order chi connectivity index (χ1) is 9.50. The maximum absolute atomic E-state index is 5.84. The highest BCUT2D eigenvalue weighted by molar-refractivity contribution is 5.36. The molecule has 3 nitrogen and oxygen atoms in total. The highest BCUT2D eigenvalue weighted by atomic mass is 16.5. The van der Waals surface area contributed by atoms with Gasteiger partial charge in [-0.1, -0.05) is 19.9 Å². The lowest BCUT2D eigenvalue weighted by atomic mass is 9.98. The van der Waals surface area contributed by atoms with E-state index in [9.17, 15) is 0 Å². The van der Waals surface area contributed by atoms with Gasteiger partial charge in [0.1, 0.15) is 12.4 Å². The van der Waals surface area contributed by atoms with Gasteiger partial charge in [0.05, 0.1) is 0 Å². The summed E-state index contributed by atoms with van der Waals surface area (Å²) in [7, 11) is 0. The maximum atomic E-state index is 5.84. The number of nitrogens with one attached hydrogen (secondary N) is 2. The highest BCUT2D eigenvalue weighted by Gasteiger charge is 2.27. The molecule has 1 unspecified atom stereocenters. The number of rotatable bonds is 6. The predicted molar refractivity (Wildman–Crippen MR) is 84.7 cm³/mol. The van der Waals surface area contributed by atoms with Crippen LogP contribution in [0.5, 0.6) is 5.75 Å². The molecule has 2 N–H and O–H groups in total. The fourth-order valence-electron chi connectivity index (χ4n) is 2.88. The van der Waals surface area contributed by atoms with Crippen LogP contribution >= 0.6 is 0 Å². The summed E-state index contributed by atoms with van der Waals surface area (Å²) in [6.45, 7) is 12.7. The minimum atomic E-state index is 0.237. The van der Waals surface area contributed by atoms with Gasteiger partial charge in [-0.3, -0.25) is 0 Å². The van der Waals surface area contributed by atoms with E-state index in [4.69, 9.17) is 4.74 Å². The van der Waals surface area contributed by atoms with Crippen LogP contribution in [0, 0.1) is 6.92 Å². The Morgan fingerprint density at radius 1 is 1.40 bits per heavy atom. The molecule has 0 spiro atoms. The van der Waals surface area contributed by atoms with E-state index in [1.807, 2.05) is 0 Å². The lowest BCUT2D eigenvalue weighted by Gasteiger charge is -2.24. The van der Waals surface area contributed by atoms with Crippen LogP contribution in [-0.2, 0) is 0 Å². The van der Waals surface area contributed by atoms with Gasteiger partial charge in [0.25, 0.3) is 0 Å². The Hall–Kier alpha value is -1.06. The maximum Gasteiger partial charge on any atom is 0.119 e. The van der Waals surface area contributed by atoms with Crippen molar-refractivity contribution in [3.05, 3.63) is 29.3 Å². The van der Waals surface area contributed by atoms with Crippen molar-refractivity contribution in [2.75, 3.05) is 26.2 Å². The summed E-state index contributed by atoms with van der Waals surface area (Å²) in [6, 6.07) is 6.42. The van der Waals surface area contributed by atoms with E-state index in [0.717, 1.165) is 32.0 Å². The minimum absolute atomic E-state index is 0.237. The zero-order valence-electron chi connectivity index (χ0n) is 13.3. The van der Waals surface area contributed by atoms with E-state index in [1.54, 1.807) is 0 Å². The molecule has 1 saturated heterocycles. The van der Waals surface area contributed by atoms with Crippen molar-refractivity contribution in [3.63, 3.8) is 0 Å². The monoisotopic (exact) mass is 276 g/mol. The molecule has 1 fully saturated rings. The minimum Gasteiger partial charge on any atom is -0.492 e. The van der Waals surface area contributed by atoms with E-state index in [1.165, 1.54) is 17.5 Å². The first kappa shape index (κ1) is 15.3. The molecule has 0 amide bonds. The van der Waals surface area contributed by atoms with Crippen LogP contribution in [0.2, 0.25) is 0 Å². The van der Waals surface area contributed by atoms with Crippen molar-refractivity contribution in [1.82, 2.24) is 10.6 Å². The Morgan fingerprint density at radius 2 is 2.20 bits per heavy atom. The van der Waals surface area contributed by atoms with Gasteiger partial charge in [-0.25, -0.2) is 0 Å². The average Bonchev–Trinajstić information content (AvgIpc) is 2.82. The number of hydrogen-bond acceptors (Lipinski definition) is 3. The molecule has 1 atom stereocenters. The molecule has 20 heavy (non-hydrogen) atoms. The second-order valence-corrected chi connectivity index (χ2v) is 6.44. The molecule has 0 aliphatic carbocycles. The molecule has 1 aliphatic rings. The van der Waals surface area contributed by atoms with Crippen molar-refractivity contribution in [2.24, 2.45) is 0 Å². The van der Waals surface area contributed by atoms with E-state index >= 15 is 0 Å². The van der Waals surface area contributed by atoms with Crippen LogP contribution in [0.1, 0.15) is 44.2 Å². The molecular formula is C17H28N2O. The van der Waals surface area contributed by atoms with Crippen molar-refractivity contribution >= 4 is 0 Å². The summed E-state index contributed by atoms with van der Waals surface area (Å²) in [5, 5.41) is 6.98. The Morgan fingerprint density at radius 3 is 2.80 bits per heavy atom. The van der Waals surface area contributed by atoms with Gasteiger partial charge in [0.15, 0.2) is 0 Å². The van der Waals surface area contributed by atoms with Crippen LogP contribution in [-0.4, -0.2) is 31.8 Å². The highest BCUT2D eigenvalue weighted by Crippen LogP contribution is 2.23. The molecule has 0 bridgehead atoms. The third-order valence-corrected chi connectivity index (χ3v) is 4.15. The van der Waals surface area contributed by atoms with Crippen LogP contribution in [0.15, 0.2) is 18.2 Å². The summed E-state index contributed by atoms with van der Waals surface area (Å²) >= 11 is 0. The topological polar surface area (TPSA) is 33.3 Å². The van der Waals surface area contributed by atoms with Gasteiger partial charge < -0.3 is 15.4 Å². The van der Waals surface area contributed by atoms with Crippen LogP contribution in [0.3, 0.4) is 0 Å². The smallest absolute Gasteiger partial charge is 0.119 e. The Bertz CT molecular complexity index is 437. The molecule has 2 rings (SSSR count). The second kappa shape index (κ2) is 6.59. The first-order valence-electron chi connectivity index (χ1n) is 7.69. The van der Waals surface area contributed by atoms with Crippen molar-refractivity contribution in [2.45, 2.75) is 45.6 Å². The molecule has 0 saturated carbocycles. The number of benzene rings is 1. The molecule has 1 aromatic rings. The average molecular weight is 276 g/mol. The third kappa shape index (κ3) is 3.97. The lowest BCUT2D eigenvalue weighted by Crippen LogP contribution is -2.45. The predicted octanol–water partition coefficient (Wildman–Crippen LogP) is 2.84. The van der Waals surface area contributed by atoms with Crippen molar-refractivity contribution in [1.29, 1.82) is 0 Å². The standard InChI is InChI=1S/C17H28N2O/c1-13(2)16-6-5-15(11-14(16)3)20-10-9-19-17(4)7-8-18-12-17/h5-6,11,13,18-19H,7-10,12H2,1-4H3. The van der Waals surface area contributed by atoms with E-state index < -0.39 is 0 Å². The normalized spacial score (nSPS) is 22.4. The Labute approximate surface area is 123 Å². The molecule has 1 aliphatic heterocycles. The molecular weight excluding hydrogens is 248 g/mol. The van der Waals surface area contributed by atoms with Crippen LogP contribution in [0.4, 0.5) is 0 Å². The van der Waals surface area contributed by atoms with Gasteiger partial charge in [0.2, 0.25) is 0 Å². The van der Waals surface area contributed by atoms with Gasteiger partial charge >= 0.3 is 0 Å². The molecule has 112 valence electrons. The SMILES string of the molecule is Cc1cc(OCCNC2(C)CCNC2)ccc1C(C)C. The fourth-order valence-corrected chi connectivity index (χ4v) is 2.88. The van der Waals surface area contributed by atoms with Gasteiger partial charge in [-0.2, -0.15) is 0 Å². The Balaban J connectivity index is 1.78. The second-order valence-electron chi connectivity index (χ2n) is 6.44. The zero-order valence-corrected chi connectivity index (χ0v) is 13.3. The van der Waals surface area contributed by atoms with E-state index in [0.29, 0.717) is 5.92 Å². The van der Waals surface area contributed by atoms with Crippen molar-refractivity contribution in [3.8, 4) is 5.75 Å². The zero-order chi connectivity index (χ0) is 14.6. The summed E-state index contributed by atoms with van der Waals surface area (Å²) in [6.07, 6.45) is 1.19. The number of ether oxygens (including phenoxy) is 1. The van der Waals surface area contributed by atoms with E-state index in [-0.39, 0.29) is 5.54 Å². The molecule has 3 heteroatoms. The van der Waals surface area contributed by atoms with Gasteiger partial charge in [0, 0.05) is 18.6 Å². The fraction of sp³-hybridized carbons (Fsp3) is 0.647. The molecule has 0 radical (unpaired) electrons.